The largest absolute Gasteiger partial charge is 0.397 e. The monoisotopic (exact) mass is 172 g/mol. The van der Waals surface area contributed by atoms with E-state index >= 15 is 0 Å². The van der Waals surface area contributed by atoms with Crippen molar-refractivity contribution >= 4 is 7.85 Å². The summed E-state index contributed by atoms with van der Waals surface area (Å²) < 4.78 is 5.04. The molecule has 0 saturated carbocycles. The van der Waals surface area contributed by atoms with Gasteiger partial charge in [-0.15, -0.1) is 0 Å². The van der Waals surface area contributed by atoms with Crippen LogP contribution >= 0.6 is 0 Å². The molecule has 0 aromatic carbocycles. The summed E-state index contributed by atoms with van der Waals surface area (Å²) in [7, 11) is 5.49. The maximum Gasteiger partial charge on any atom is 0.117 e. The minimum atomic E-state index is -1.56. The van der Waals surface area contributed by atoms with Crippen LogP contribution in [0.5, 0.6) is 0 Å². The van der Waals surface area contributed by atoms with Gasteiger partial charge in [-0.05, 0) is 0 Å². The molecule has 1 fully saturated rings. The maximum atomic E-state index is 9.60. The van der Waals surface area contributed by atoms with E-state index in [9.17, 15) is 5.11 Å². The summed E-state index contributed by atoms with van der Waals surface area (Å²) in [6.07, 6.45) is -0.600. The highest BCUT2D eigenvalue weighted by Crippen LogP contribution is 2.40. The van der Waals surface area contributed by atoms with Gasteiger partial charge in [0.05, 0.1) is 31.4 Å². The summed E-state index contributed by atoms with van der Waals surface area (Å²) in [4.78, 5) is 0. The molecule has 1 heterocycles. The molecule has 1 aliphatic heterocycles. The molecule has 68 valence electrons. The number of ether oxygens (including phenoxy) is 1. The standard InChI is InChI=1S/C7H13BO4/c1-6(3-10)5(2-9)12-4-7(6,8)11/h5,9-11H,2-4H2,1H3/t5?,6-,7+/m0/s1. The number of hydrogen-bond donors (Lipinski definition) is 3. The average Bonchev–Trinajstić information content (AvgIpc) is 2.25. The van der Waals surface area contributed by atoms with Crippen LogP contribution < -0.4 is 0 Å². The maximum absolute atomic E-state index is 9.60. The molecule has 1 rings (SSSR count). The van der Waals surface area contributed by atoms with Crippen molar-refractivity contribution in [2.45, 2.75) is 18.5 Å². The van der Waals surface area contributed by atoms with Crippen molar-refractivity contribution in [1.29, 1.82) is 0 Å². The average molecular weight is 172 g/mol. The quantitative estimate of drug-likeness (QED) is 0.431. The summed E-state index contributed by atoms with van der Waals surface area (Å²) in [5.74, 6) is 0. The fourth-order valence-electron chi connectivity index (χ4n) is 1.35. The van der Waals surface area contributed by atoms with E-state index < -0.39 is 17.0 Å². The Hall–Kier alpha value is -0.0951. The second-order valence-electron chi connectivity index (χ2n) is 3.48. The Morgan fingerprint density at radius 3 is 2.50 bits per heavy atom. The molecule has 3 atom stereocenters. The summed E-state index contributed by atoms with van der Waals surface area (Å²) in [6, 6.07) is 0. The Balaban J connectivity index is 2.87. The van der Waals surface area contributed by atoms with Crippen LogP contribution in [0.25, 0.3) is 0 Å². The molecule has 0 aromatic rings. The van der Waals surface area contributed by atoms with Gasteiger partial charge >= 0.3 is 0 Å². The van der Waals surface area contributed by atoms with E-state index in [0.29, 0.717) is 0 Å². The number of aliphatic hydroxyl groups is 3. The molecule has 0 aromatic heterocycles. The Bertz CT molecular complexity index is 173. The van der Waals surface area contributed by atoms with E-state index in [1.807, 2.05) is 0 Å². The lowest BCUT2D eigenvalue weighted by Crippen LogP contribution is -2.52. The first-order valence-corrected chi connectivity index (χ1v) is 3.82. The summed E-state index contributed by atoms with van der Waals surface area (Å²) in [5, 5.41) is 27.5. The molecule has 0 amide bonds. The lowest BCUT2D eigenvalue weighted by molar-refractivity contribution is -0.0416. The smallest absolute Gasteiger partial charge is 0.117 e. The molecule has 0 aliphatic carbocycles. The van der Waals surface area contributed by atoms with Gasteiger partial charge in [0.2, 0.25) is 0 Å². The lowest BCUT2D eigenvalue weighted by atomic mass is 9.62. The van der Waals surface area contributed by atoms with Gasteiger partial charge in [-0.25, -0.2) is 0 Å². The molecule has 4 nitrogen and oxygen atoms in total. The second kappa shape index (κ2) is 2.99. The zero-order valence-electron chi connectivity index (χ0n) is 7.03. The van der Waals surface area contributed by atoms with Crippen LogP contribution in [0.1, 0.15) is 6.92 Å². The Morgan fingerprint density at radius 1 is 1.58 bits per heavy atom. The van der Waals surface area contributed by atoms with Gasteiger partial charge in [-0.1, -0.05) is 6.92 Å². The van der Waals surface area contributed by atoms with E-state index in [2.05, 4.69) is 0 Å². The van der Waals surface area contributed by atoms with E-state index in [-0.39, 0.29) is 19.8 Å². The lowest BCUT2D eigenvalue weighted by Gasteiger charge is -2.36. The number of hydrogen-bond acceptors (Lipinski definition) is 4. The predicted molar refractivity (Wildman–Crippen MR) is 42.7 cm³/mol. The fraction of sp³-hybridized carbons (Fsp3) is 1.00. The van der Waals surface area contributed by atoms with E-state index in [1.165, 1.54) is 0 Å². The first kappa shape index (κ1) is 9.99. The molecule has 1 unspecified atom stereocenters. The molecule has 0 spiro atoms. The third-order valence-corrected chi connectivity index (χ3v) is 2.70. The van der Waals surface area contributed by atoms with Gasteiger partial charge in [-0.2, -0.15) is 0 Å². The predicted octanol–water partition coefficient (Wildman–Crippen LogP) is -1.77. The van der Waals surface area contributed by atoms with Crippen LogP contribution in [-0.2, 0) is 4.74 Å². The normalized spacial score (nSPS) is 48.2. The third kappa shape index (κ3) is 1.17. The van der Waals surface area contributed by atoms with Crippen molar-refractivity contribution in [3.63, 3.8) is 0 Å². The molecule has 5 heteroatoms. The number of aliphatic hydroxyl groups excluding tert-OH is 2. The molecule has 12 heavy (non-hydrogen) atoms. The van der Waals surface area contributed by atoms with Gasteiger partial charge in [0.25, 0.3) is 0 Å². The Morgan fingerprint density at radius 2 is 2.17 bits per heavy atom. The first-order chi connectivity index (χ1) is 5.48. The van der Waals surface area contributed by atoms with Crippen LogP contribution in [0.15, 0.2) is 0 Å². The van der Waals surface area contributed by atoms with Crippen molar-refractivity contribution in [3.8, 4) is 0 Å². The van der Waals surface area contributed by atoms with Crippen molar-refractivity contribution in [2.24, 2.45) is 5.41 Å². The zero-order chi connectivity index (χ0) is 9.41. The molecule has 0 bridgehead atoms. The van der Waals surface area contributed by atoms with Gasteiger partial charge in [0.15, 0.2) is 0 Å². The molecule has 3 N–H and O–H groups in total. The summed E-state index contributed by atoms with van der Waals surface area (Å²) in [6.45, 7) is 0.956. The van der Waals surface area contributed by atoms with E-state index in [1.54, 1.807) is 6.92 Å². The van der Waals surface area contributed by atoms with E-state index in [4.69, 9.17) is 22.8 Å². The second-order valence-corrected chi connectivity index (χ2v) is 3.48. The minimum absolute atomic E-state index is 0.0602. The summed E-state index contributed by atoms with van der Waals surface area (Å²) in [5.41, 5.74) is -2.54. The molecule has 1 saturated heterocycles. The fourth-order valence-corrected chi connectivity index (χ4v) is 1.35. The van der Waals surface area contributed by atoms with Gasteiger partial charge < -0.3 is 20.1 Å². The van der Waals surface area contributed by atoms with Crippen LogP contribution in [0.3, 0.4) is 0 Å². The van der Waals surface area contributed by atoms with Crippen molar-refractivity contribution in [1.82, 2.24) is 0 Å². The SMILES string of the molecule is [B][C@@]1(O)COC(CO)[C@]1(C)CO. The first-order valence-electron chi connectivity index (χ1n) is 3.82. The summed E-state index contributed by atoms with van der Waals surface area (Å²) >= 11 is 0. The minimum Gasteiger partial charge on any atom is -0.397 e. The Kier molecular flexibility index (Phi) is 2.49. The molecular formula is C7H13BO4. The van der Waals surface area contributed by atoms with Gasteiger partial charge in [-0.3, -0.25) is 0 Å². The highest BCUT2D eigenvalue weighted by atomic mass is 16.5. The number of rotatable bonds is 2. The van der Waals surface area contributed by atoms with Crippen LogP contribution in [-0.4, -0.2) is 54.6 Å². The van der Waals surface area contributed by atoms with Crippen molar-refractivity contribution < 1.29 is 20.1 Å². The van der Waals surface area contributed by atoms with Gasteiger partial charge in [0.1, 0.15) is 7.85 Å². The highest BCUT2D eigenvalue weighted by molar-refractivity contribution is 6.15. The van der Waals surface area contributed by atoms with Crippen LogP contribution in [0, 0.1) is 5.41 Å². The Labute approximate surface area is 72.6 Å². The topological polar surface area (TPSA) is 69.9 Å². The molecule has 1 aliphatic rings. The van der Waals surface area contributed by atoms with E-state index in [0.717, 1.165) is 0 Å². The zero-order valence-corrected chi connectivity index (χ0v) is 7.03. The van der Waals surface area contributed by atoms with Crippen molar-refractivity contribution in [2.75, 3.05) is 19.8 Å². The van der Waals surface area contributed by atoms with Crippen molar-refractivity contribution in [3.05, 3.63) is 0 Å². The van der Waals surface area contributed by atoms with Gasteiger partial charge in [0, 0.05) is 5.41 Å². The molecule has 2 radical (unpaired) electrons. The third-order valence-electron chi connectivity index (χ3n) is 2.70. The van der Waals surface area contributed by atoms with Crippen LogP contribution in [0.4, 0.5) is 0 Å². The molecular weight excluding hydrogens is 159 g/mol. The highest BCUT2D eigenvalue weighted by Gasteiger charge is 2.53. The van der Waals surface area contributed by atoms with Crippen LogP contribution in [0.2, 0.25) is 0 Å².